The van der Waals surface area contributed by atoms with Gasteiger partial charge in [0.05, 0.1) is 0 Å². The Bertz CT molecular complexity index is 376. The van der Waals surface area contributed by atoms with Crippen molar-refractivity contribution in [1.82, 2.24) is 15.1 Å². The van der Waals surface area contributed by atoms with Gasteiger partial charge in [0.25, 0.3) is 0 Å². The summed E-state index contributed by atoms with van der Waals surface area (Å²) in [6.45, 7) is 6.32. The smallest absolute Gasteiger partial charge is 0.176 e. The van der Waals surface area contributed by atoms with E-state index in [1.165, 1.54) is 0 Å². The summed E-state index contributed by atoms with van der Waals surface area (Å²) in [5.41, 5.74) is -0.0369. The van der Waals surface area contributed by atoms with Crippen LogP contribution < -0.4 is 0 Å². The predicted octanol–water partition coefficient (Wildman–Crippen LogP) is 2.77. The number of hydrogen-bond donors (Lipinski definition) is 0. The van der Waals surface area contributed by atoms with Gasteiger partial charge in [-0.15, -0.1) is 10.2 Å². The minimum absolute atomic E-state index is 0.0369. The maximum Gasteiger partial charge on any atom is 0.176 e. The van der Waals surface area contributed by atoms with Gasteiger partial charge in [-0.05, 0) is 12.1 Å². The number of rotatable bonds is 1. The molecular formula is C11H17ClN4. The van der Waals surface area contributed by atoms with E-state index in [-0.39, 0.29) is 5.41 Å². The number of nitrogens with zero attached hydrogens (tertiary/aromatic N) is 4. The van der Waals surface area contributed by atoms with Crippen molar-refractivity contribution in [2.45, 2.75) is 20.8 Å². The first-order valence-corrected chi connectivity index (χ1v) is 5.44. The zero-order valence-corrected chi connectivity index (χ0v) is 11.1. The van der Waals surface area contributed by atoms with E-state index in [1.807, 2.05) is 19.0 Å². The van der Waals surface area contributed by atoms with Crippen LogP contribution in [-0.2, 0) is 0 Å². The average Bonchev–Trinajstić information content (AvgIpc) is 2.14. The van der Waals surface area contributed by atoms with Gasteiger partial charge in [0.15, 0.2) is 11.0 Å². The standard InChI is InChI=1S/C11H17ClN4/c1-11(2,3)10(16(4)5)13-9-7-6-8(12)14-15-9/h6-7H,1-5H3/b13-10-. The van der Waals surface area contributed by atoms with Crippen molar-refractivity contribution in [3.8, 4) is 0 Å². The monoisotopic (exact) mass is 240 g/mol. The van der Waals surface area contributed by atoms with E-state index in [0.29, 0.717) is 11.0 Å². The van der Waals surface area contributed by atoms with Gasteiger partial charge in [-0.25, -0.2) is 4.99 Å². The molecule has 1 aromatic rings. The van der Waals surface area contributed by atoms with Gasteiger partial charge < -0.3 is 4.90 Å². The number of amidine groups is 1. The first-order valence-electron chi connectivity index (χ1n) is 5.06. The van der Waals surface area contributed by atoms with E-state index in [2.05, 4.69) is 36.0 Å². The lowest BCUT2D eigenvalue weighted by Gasteiger charge is -2.27. The normalized spacial score (nSPS) is 12.8. The highest BCUT2D eigenvalue weighted by atomic mass is 35.5. The van der Waals surface area contributed by atoms with Crippen LogP contribution in [0.2, 0.25) is 5.15 Å². The molecule has 0 aliphatic rings. The summed E-state index contributed by atoms with van der Waals surface area (Å²) in [6, 6.07) is 3.44. The van der Waals surface area contributed by atoms with Crippen LogP contribution in [0.25, 0.3) is 0 Å². The number of hydrogen-bond acceptors (Lipinski definition) is 3. The molecule has 0 amide bonds. The summed E-state index contributed by atoms with van der Waals surface area (Å²) in [4.78, 5) is 6.46. The molecule has 0 aromatic carbocycles. The molecule has 0 unspecified atom stereocenters. The van der Waals surface area contributed by atoms with E-state index in [1.54, 1.807) is 12.1 Å². The molecule has 5 heteroatoms. The molecule has 88 valence electrons. The Morgan fingerprint density at radius 3 is 2.25 bits per heavy atom. The van der Waals surface area contributed by atoms with Gasteiger partial charge in [0, 0.05) is 19.5 Å². The van der Waals surface area contributed by atoms with Crippen molar-refractivity contribution in [2.75, 3.05) is 14.1 Å². The lowest BCUT2D eigenvalue weighted by Crippen LogP contribution is -2.34. The molecule has 0 spiro atoms. The van der Waals surface area contributed by atoms with Crippen LogP contribution >= 0.6 is 11.6 Å². The first-order chi connectivity index (χ1) is 7.30. The Kier molecular flexibility index (Phi) is 3.86. The maximum absolute atomic E-state index is 5.67. The Morgan fingerprint density at radius 1 is 1.25 bits per heavy atom. The zero-order valence-electron chi connectivity index (χ0n) is 10.3. The molecule has 0 atom stereocenters. The van der Waals surface area contributed by atoms with E-state index in [9.17, 15) is 0 Å². The highest BCUT2D eigenvalue weighted by Crippen LogP contribution is 2.21. The summed E-state index contributed by atoms with van der Waals surface area (Å²) >= 11 is 5.67. The quantitative estimate of drug-likeness (QED) is 0.560. The van der Waals surface area contributed by atoms with Crippen LogP contribution in [0.15, 0.2) is 17.1 Å². The van der Waals surface area contributed by atoms with Crippen molar-refractivity contribution >= 4 is 23.3 Å². The van der Waals surface area contributed by atoms with Crippen molar-refractivity contribution in [3.05, 3.63) is 17.3 Å². The fraction of sp³-hybridized carbons (Fsp3) is 0.545. The second-order valence-electron chi connectivity index (χ2n) is 4.79. The van der Waals surface area contributed by atoms with E-state index >= 15 is 0 Å². The Hall–Kier alpha value is -1.16. The molecule has 0 aliphatic carbocycles. The average molecular weight is 241 g/mol. The first kappa shape index (κ1) is 12.9. The van der Waals surface area contributed by atoms with Gasteiger partial charge in [0.1, 0.15) is 5.84 Å². The van der Waals surface area contributed by atoms with Gasteiger partial charge in [-0.2, -0.15) is 0 Å². The Labute approximate surface area is 101 Å². The maximum atomic E-state index is 5.67. The second kappa shape index (κ2) is 4.78. The van der Waals surface area contributed by atoms with Crippen molar-refractivity contribution < 1.29 is 0 Å². The summed E-state index contributed by atoms with van der Waals surface area (Å²) in [6.07, 6.45) is 0. The van der Waals surface area contributed by atoms with E-state index in [4.69, 9.17) is 11.6 Å². The van der Waals surface area contributed by atoms with Gasteiger partial charge in [-0.3, -0.25) is 0 Å². The van der Waals surface area contributed by atoms with Crippen molar-refractivity contribution in [1.29, 1.82) is 0 Å². The molecular weight excluding hydrogens is 224 g/mol. The topological polar surface area (TPSA) is 41.4 Å². The molecule has 0 saturated heterocycles. The fourth-order valence-electron chi connectivity index (χ4n) is 1.42. The SMILES string of the molecule is CN(C)/C(=N\c1ccc(Cl)nn1)C(C)(C)C. The molecule has 0 saturated carbocycles. The summed E-state index contributed by atoms with van der Waals surface area (Å²) in [7, 11) is 3.93. The molecule has 0 radical (unpaired) electrons. The van der Waals surface area contributed by atoms with Crippen LogP contribution in [0.1, 0.15) is 20.8 Å². The Balaban J connectivity index is 3.08. The van der Waals surface area contributed by atoms with Gasteiger partial charge >= 0.3 is 0 Å². The molecule has 4 nitrogen and oxygen atoms in total. The van der Waals surface area contributed by atoms with Crippen LogP contribution in [0, 0.1) is 5.41 Å². The van der Waals surface area contributed by atoms with Crippen LogP contribution in [0.5, 0.6) is 0 Å². The number of aliphatic imine (C=N–C) groups is 1. The minimum Gasteiger partial charge on any atom is -0.366 e. The zero-order chi connectivity index (χ0) is 12.3. The third kappa shape index (κ3) is 3.45. The summed E-state index contributed by atoms with van der Waals surface area (Å²) in [5.74, 6) is 1.52. The molecule has 0 bridgehead atoms. The van der Waals surface area contributed by atoms with E-state index < -0.39 is 0 Å². The fourth-order valence-corrected chi connectivity index (χ4v) is 1.52. The molecule has 0 fully saturated rings. The Morgan fingerprint density at radius 2 is 1.88 bits per heavy atom. The molecule has 0 N–H and O–H groups in total. The molecule has 1 aromatic heterocycles. The highest BCUT2D eigenvalue weighted by Gasteiger charge is 2.21. The van der Waals surface area contributed by atoms with Crippen molar-refractivity contribution in [3.63, 3.8) is 0 Å². The molecule has 0 aliphatic heterocycles. The summed E-state index contributed by atoms with van der Waals surface area (Å²) < 4.78 is 0. The second-order valence-corrected chi connectivity index (χ2v) is 5.18. The summed E-state index contributed by atoms with van der Waals surface area (Å²) in [5, 5.41) is 8.06. The van der Waals surface area contributed by atoms with Crippen LogP contribution in [0.3, 0.4) is 0 Å². The highest BCUT2D eigenvalue weighted by molar-refractivity contribution is 6.29. The number of halogens is 1. The lowest BCUT2D eigenvalue weighted by molar-refractivity contribution is 0.481. The molecule has 16 heavy (non-hydrogen) atoms. The lowest BCUT2D eigenvalue weighted by atomic mass is 9.94. The van der Waals surface area contributed by atoms with Crippen LogP contribution in [-0.4, -0.2) is 35.0 Å². The van der Waals surface area contributed by atoms with Crippen molar-refractivity contribution in [2.24, 2.45) is 10.4 Å². The number of aromatic nitrogens is 2. The minimum atomic E-state index is -0.0369. The molecule has 1 rings (SSSR count). The predicted molar refractivity (Wildman–Crippen MR) is 67.3 cm³/mol. The van der Waals surface area contributed by atoms with Crippen LogP contribution in [0.4, 0.5) is 5.82 Å². The van der Waals surface area contributed by atoms with Gasteiger partial charge in [0.2, 0.25) is 0 Å². The van der Waals surface area contributed by atoms with Gasteiger partial charge in [-0.1, -0.05) is 32.4 Å². The molecule has 1 heterocycles. The largest absolute Gasteiger partial charge is 0.366 e. The van der Waals surface area contributed by atoms with E-state index in [0.717, 1.165) is 5.84 Å². The third-order valence-electron chi connectivity index (χ3n) is 1.93. The third-order valence-corrected chi connectivity index (χ3v) is 2.13.